The fraction of sp³-hybridized carbons (Fsp3) is 0.167. The standard InChI is InChI=1S/C24H18ClF3N4/c25-19-6-3-16(4-7-19)14-32-15-21(20-8-5-17(11-29)10-22(20)32)23(24(26,27)28)31-13-18-2-1-9-30-12-18/h1-10,12,15,23,31H,13-14H2. The molecule has 4 rings (SSSR count). The zero-order chi connectivity index (χ0) is 22.7. The highest BCUT2D eigenvalue weighted by atomic mass is 35.5. The van der Waals surface area contributed by atoms with Crippen molar-refractivity contribution < 1.29 is 13.2 Å². The number of hydrogen-bond acceptors (Lipinski definition) is 3. The fourth-order valence-corrected chi connectivity index (χ4v) is 3.79. The molecular weight excluding hydrogens is 437 g/mol. The molecule has 162 valence electrons. The van der Waals surface area contributed by atoms with Crippen LogP contribution in [0.25, 0.3) is 10.9 Å². The maximum absolute atomic E-state index is 14.1. The molecule has 2 aromatic heterocycles. The maximum atomic E-state index is 14.1. The van der Waals surface area contributed by atoms with E-state index in [1.165, 1.54) is 18.5 Å². The van der Waals surface area contributed by atoms with E-state index in [1.54, 1.807) is 47.2 Å². The van der Waals surface area contributed by atoms with Gasteiger partial charge in [-0.1, -0.05) is 35.9 Å². The van der Waals surface area contributed by atoms with Crippen molar-refractivity contribution in [2.75, 3.05) is 0 Å². The number of rotatable bonds is 6. The fourth-order valence-electron chi connectivity index (χ4n) is 3.66. The van der Waals surface area contributed by atoms with Crippen LogP contribution in [0.3, 0.4) is 0 Å². The molecule has 0 saturated carbocycles. The van der Waals surface area contributed by atoms with E-state index in [9.17, 15) is 18.4 Å². The van der Waals surface area contributed by atoms with E-state index in [0.29, 0.717) is 33.6 Å². The monoisotopic (exact) mass is 454 g/mol. The van der Waals surface area contributed by atoms with Crippen molar-refractivity contribution >= 4 is 22.5 Å². The summed E-state index contributed by atoms with van der Waals surface area (Å²) in [5, 5.41) is 13.0. The first kappa shape index (κ1) is 21.9. The van der Waals surface area contributed by atoms with Gasteiger partial charge in [0.1, 0.15) is 6.04 Å². The first-order valence-electron chi connectivity index (χ1n) is 9.81. The van der Waals surface area contributed by atoms with Crippen molar-refractivity contribution in [1.29, 1.82) is 5.26 Å². The molecule has 0 aliphatic carbocycles. The Hall–Kier alpha value is -3.34. The zero-order valence-corrected chi connectivity index (χ0v) is 17.5. The van der Waals surface area contributed by atoms with E-state index in [2.05, 4.69) is 16.4 Å². The van der Waals surface area contributed by atoms with E-state index < -0.39 is 12.2 Å². The second-order valence-electron chi connectivity index (χ2n) is 7.40. The van der Waals surface area contributed by atoms with Crippen LogP contribution in [0, 0.1) is 11.3 Å². The van der Waals surface area contributed by atoms with Gasteiger partial charge in [0.2, 0.25) is 0 Å². The first-order valence-corrected chi connectivity index (χ1v) is 10.2. The lowest BCUT2D eigenvalue weighted by atomic mass is 10.0. The van der Waals surface area contributed by atoms with Gasteiger partial charge in [0.05, 0.1) is 11.6 Å². The zero-order valence-electron chi connectivity index (χ0n) is 16.8. The van der Waals surface area contributed by atoms with Crippen LogP contribution < -0.4 is 5.32 Å². The molecule has 0 saturated heterocycles. The Morgan fingerprint density at radius 1 is 1.09 bits per heavy atom. The Morgan fingerprint density at radius 3 is 2.53 bits per heavy atom. The van der Waals surface area contributed by atoms with E-state index in [0.717, 1.165) is 5.56 Å². The first-order chi connectivity index (χ1) is 15.3. The molecule has 1 unspecified atom stereocenters. The highest BCUT2D eigenvalue weighted by molar-refractivity contribution is 6.30. The van der Waals surface area contributed by atoms with Crippen molar-refractivity contribution in [2.24, 2.45) is 0 Å². The second-order valence-corrected chi connectivity index (χ2v) is 7.84. The van der Waals surface area contributed by atoms with Crippen LogP contribution in [0.4, 0.5) is 13.2 Å². The highest BCUT2D eigenvalue weighted by Crippen LogP contribution is 2.38. The molecule has 4 nitrogen and oxygen atoms in total. The summed E-state index contributed by atoms with van der Waals surface area (Å²) in [6, 6.07) is 15.4. The number of benzene rings is 2. The summed E-state index contributed by atoms with van der Waals surface area (Å²) in [7, 11) is 0. The molecule has 0 fully saturated rings. The van der Waals surface area contributed by atoms with Gasteiger partial charge in [-0.05, 0) is 41.5 Å². The van der Waals surface area contributed by atoms with Crippen LogP contribution in [-0.2, 0) is 13.1 Å². The Bertz CT molecular complexity index is 1260. The van der Waals surface area contributed by atoms with Gasteiger partial charge in [-0.2, -0.15) is 18.4 Å². The summed E-state index contributed by atoms with van der Waals surface area (Å²) >= 11 is 5.95. The molecule has 8 heteroatoms. The summed E-state index contributed by atoms with van der Waals surface area (Å²) in [6.45, 7) is 0.355. The van der Waals surface area contributed by atoms with Gasteiger partial charge < -0.3 is 4.57 Å². The predicted octanol–water partition coefficient (Wildman–Crippen LogP) is 6.00. The van der Waals surface area contributed by atoms with Crippen molar-refractivity contribution in [2.45, 2.75) is 25.3 Å². The molecule has 2 aromatic carbocycles. The van der Waals surface area contributed by atoms with Crippen LogP contribution in [-0.4, -0.2) is 15.7 Å². The highest BCUT2D eigenvalue weighted by Gasteiger charge is 2.42. The minimum absolute atomic E-state index is 0.0121. The summed E-state index contributed by atoms with van der Waals surface area (Å²) < 4.78 is 44.1. The van der Waals surface area contributed by atoms with Crippen molar-refractivity contribution in [1.82, 2.24) is 14.9 Å². The molecule has 1 atom stereocenters. The van der Waals surface area contributed by atoms with Gasteiger partial charge in [0.15, 0.2) is 0 Å². The average molecular weight is 455 g/mol. The Morgan fingerprint density at radius 2 is 1.88 bits per heavy atom. The number of hydrogen-bond donors (Lipinski definition) is 1. The lowest BCUT2D eigenvalue weighted by molar-refractivity contribution is -0.157. The average Bonchev–Trinajstić information content (AvgIpc) is 3.12. The quantitative estimate of drug-likeness (QED) is 0.388. The molecule has 0 radical (unpaired) electrons. The number of halogens is 4. The third kappa shape index (κ3) is 4.77. The molecule has 0 bridgehead atoms. The Kier molecular flexibility index (Phi) is 6.17. The molecule has 0 amide bonds. The van der Waals surface area contributed by atoms with E-state index in [4.69, 9.17) is 11.6 Å². The molecule has 2 heterocycles. The minimum atomic E-state index is -4.52. The number of alkyl halides is 3. The summed E-state index contributed by atoms with van der Waals surface area (Å²) in [4.78, 5) is 3.96. The van der Waals surface area contributed by atoms with Gasteiger partial charge in [-0.25, -0.2) is 0 Å². The lowest BCUT2D eigenvalue weighted by Gasteiger charge is -2.21. The van der Waals surface area contributed by atoms with Gasteiger partial charge in [0, 0.05) is 53.2 Å². The molecule has 32 heavy (non-hydrogen) atoms. The Labute approximate surface area is 187 Å². The largest absolute Gasteiger partial charge is 0.407 e. The van der Waals surface area contributed by atoms with Crippen LogP contribution in [0.1, 0.15) is 28.3 Å². The third-order valence-electron chi connectivity index (χ3n) is 5.18. The van der Waals surface area contributed by atoms with Crippen LogP contribution in [0.5, 0.6) is 0 Å². The van der Waals surface area contributed by atoms with E-state index in [1.807, 2.05) is 12.1 Å². The van der Waals surface area contributed by atoms with Crippen molar-refractivity contribution in [3.8, 4) is 6.07 Å². The van der Waals surface area contributed by atoms with Crippen LogP contribution >= 0.6 is 11.6 Å². The maximum Gasteiger partial charge on any atom is 0.407 e. The molecule has 0 aliphatic rings. The number of nitrogens with one attached hydrogen (secondary N) is 1. The SMILES string of the molecule is N#Cc1ccc2c(C(NCc3cccnc3)C(F)(F)F)cn(Cc3ccc(Cl)cc3)c2c1. The lowest BCUT2D eigenvalue weighted by Crippen LogP contribution is -2.33. The summed E-state index contributed by atoms with van der Waals surface area (Å²) in [5.74, 6) is 0. The Balaban J connectivity index is 1.76. The topological polar surface area (TPSA) is 53.6 Å². The molecular formula is C24H18ClF3N4. The van der Waals surface area contributed by atoms with Gasteiger partial charge in [-0.3, -0.25) is 10.3 Å². The third-order valence-corrected chi connectivity index (χ3v) is 5.43. The van der Waals surface area contributed by atoms with E-state index >= 15 is 0 Å². The van der Waals surface area contributed by atoms with Crippen molar-refractivity contribution in [3.05, 3.63) is 100 Å². The van der Waals surface area contributed by atoms with Gasteiger partial charge in [-0.15, -0.1) is 0 Å². The second kappa shape index (κ2) is 9.03. The van der Waals surface area contributed by atoms with Crippen LogP contribution in [0.15, 0.2) is 73.2 Å². The molecule has 1 N–H and O–H groups in total. The van der Waals surface area contributed by atoms with E-state index in [-0.39, 0.29) is 12.1 Å². The normalized spacial score (nSPS) is 12.6. The minimum Gasteiger partial charge on any atom is -0.343 e. The molecule has 4 aromatic rings. The molecule has 0 aliphatic heterocycles. The predicted molar refractivity (Wildman–Crippen MR) is 117 cm³/mol. The number of nitrogens with zero attached hydrogens (tertiary/aromatic N) is 3. The summed E-state index contributed by atoms with van der Waals surface area (Å²) in [5.41, 5.74) is 2.58. The smallest absolute Gasteiger partial charge is 0.343 e. The number of aromatic nitrogens is 2. The van der Waals surface area contributed by atoms with Gasteiger partial charge >= 0.3 is 6.18 Å². The number of nitriles is 1. The van der Waals surface area contributed by atoms with Gasteiger partial charge in [0.25, 0.3) is 0 Å². The van der Waals surface area contributed by atoms with Crippen molar-refractivity contribution in [3.63, 3.8) is 0 Å². The number of pyridine rings is 1. The molecule has 0 spiro atoms. The summed E-state index contributed by atoms with van der Waals surface area (Å²) in [6.07, 6.45) is 0.0929. The van der Waals surface area contributed by atoms with Crippen LogP contribution in [0.2, 0.25) is 5.02 Å². The number of fused-ring (bicyclic) bond motifs is 1.